The molecule has 31 heavy (non-hydrogen) atoms. The van der Waals surface area contributed by atoms with Crippen molar-refractivity contribution in [1.82, 2.24) is 15.2 Å². The maximum absolute atomic E-state index is 13.0. The van der Waals surface area contributed by atoms with Gasteiger partial charge in [0.05, 0.1) is 5.69 Å². The van der Waals surface area contributed by atoms with Gasteiger partial charge in [-0.05, 0) is 42.0 Å². The molecule has 0 fully saturated rings. The highest BCUT2D eigenvalue weighted by Crippen LogP contribution is 2.19. The molecule has 1 N–H and O–H groups in total. The van der Waals surface area contributed by atoms with Gasteiger partial charge in [-0.3, -0.25) is 4.99 Å². The molecule has 0 aliphatic carbocycles. The summed E-state index contributed by atoms with van der Waals surface area (Å²) in [4.78, 5) is 10.6. The zero-order valence-corrected chi connectivity index (χ0v) is 17.2. The number of hydrogen-bond donors (Lipinski definition) is 1. The summed E-state index contributed by atoms with van der Waals surface area (Å²) in [6.07, 6.45) is 2.19. The van der Waals surface area contributed by atoms with E-state index in [0.29, 0.717) is 36.9 Å². The number of halogens is 3. The van der Waals surface area contributed by atoms with Crippen LogP contribution >= 0.6 is 0 Å². The number of rotatable bonds is 8. The lowest BCUT2D eigenvalue weighted by molar-refractivity contribution is -0.0498. The summed E-state index contributed by atoms with van der Waals surface area (Å²) in [6.45, 7) is -1.73. The van der Waals surface area contributed by atoms with E-state index in [-0.39, 0.29) is 11.6 Å². The van der Waals surface area contributed by atoms with Crippen molar-refractivity contribution < 1.29 is 22.3 Å². The molecule has 0 saturated carbocycles. The molecule has 0 aliphatic rings. The van der Waals surface area contributed by atoms with E-state index in [2.05, 4.69) is 20.0 Å². The molecule has 0 bridgehead atoms. The molecular formula is C22H23F3N4O2. The van der Waals surface area contributed by atoms with E-state index in [9.17, 15) is 13.2 Å². The second kappa shape index (κ2) is 10.5. The topological polar surface area (TPSA) is 62.9 Å². The number of oxazole rings is 1. The Morgan fingerprint density at radius 2 is 1.87 bits per heavy atom. The number of alkyl halides is 2. The van der Waals surface area contributed by atoms with Crippen molar-refractivity contribution in [3.63, 3.8) is 0 Å². The second-order valence-corrected chi connectivity index (χ2v) is 6.75. The Hall–Kier alpha value is -3.49. The van der Waals surface area contributed by atoms with E-state index < -0.39 is 6.61 Å². The monoisotopic (exact) mass is 432 g/mol. The summed E-state index contributed by atoms with van der Waals surface area (Å²) in [5.41, 5.74) is 2.40. The highest BCUT2D eigenvalue weighted by molar-refractivity contribution is 5.79. The lowest BCUT2D eigenvalue weighted by atomic mass is 10.2. The van der Waals surface area contributed by atoms with Crippen molar-refractivity contribution in [1.29, 1.82) is 0 Å². The highest BCUT2D eigenvalue weighted by atomic mass is 19.3. The van der Waals surface area contributed by atoms with E-state index in [0.717, 1.165) is 11.3 Å². The van der Waals surface area contributed by atoms with Crippen molar-refractivity contribution in [3.05, 3.63) is 71.9 Å². The van der Waals surface area contributed by atoms with E-state index in [1.54, 1.807) is 37.6 Å². The molecule has 0 unspecified atom stereocenters. The number of aromatic nitrogens is 1. The maximum atomic E-state index is 13.0. The average molecular weight is 432 g/mol. The fourth-order valence-corrected chi connectivity index (χ4v) is 2.96. The first-order valence-corrected chi connectivity index (χ1v) is 9.60. The fourth-order valence-electron chi connectivity index (χ4n) is 2.96. The Morgan fingerprint density at radius 1 is 1.16 bits per heavy atom. The molecule has 0 saturated heterocycles. The highest BCUT2D eigenvalue weighted by Gasteiger charge is 2.10. The Labute approximate surface area is 178 Å². The first-order chi connectivity index (χ1) is 14.9. The Balaban J connectivity index is 1.49. The summed E-state index contributed by atoms with van der Waals surface area (Å²) >= 11 is 0. The van der Waals surface area contributed by atoms with Gasteiger partial charge >= 0.3 is 6.61 Å². The minimum absolute atomic E-state index is 0.122. The van der Waals surface area contributed by atoms with Crippen LogP contribution < -0.4 is 10.1 Å². The van der Waals surface area contributed by atoms with Crippen molar-refractivity contribution >= 4 is 5.96 Å². The SMILES string of the molecule is CN=C(NCCc1coc(-c2ccc(F)cc2)n1)N(C)Cc1ccc(OC(F)F)cc1. The zero-order chi connectivity index (χ0) is 22.2. The lowest BCUT2D eigenvalue weighted by Crippen LogP contribution is -2.39. The fraction of sp³-hybridized carbons (Fsp3) is 0.273. The van der Waals surface area contributed by atoms with Crippen LogP contribution in [0, 0.1) is 5.82 Å². The maximum Gasteiger partial charge on any atom is 0.387 e. The Kier molecular flexibility index (Phi) is 7.53. The second-order valence-electron chi connectivity index (χ2n) is 6.75. The lowest BCUT2D eigenvalue weighted by Gasteiger charge is -2.22. The molecule has 0 aliphatic heterocycles. The molecule has 6 nitrogen and oxygen atoms in total. The third kappa shape index (κ3) is 6.50. The van der Waals surface area contributed by atoms with Gasteiger partial charge in [-0.15, -0.1) is 0 Å². The average Bonchev–Trinajstić information content (AvgIpc) is 3.21. The summed E-state index contributed by atoms with van der Waals surface area (Å²) in [7, 11) is 3.56. The van der Waals surface area contributed by atoms with E-state index >= 15 is 0 Å². The molecule has 3 aromatic rings. The molecule has 0 amide bonds. The Morgan fingerprint density at radius 3 is 2.52 bits per heavy atom. The number of benzene rings is 2. The van der Waals surface area contributed by atoms with Gasteiger partial charge in [0.15, 0.2) is 5.96 Å². The van der Waals surface area contributed by atoms with Gasteiger partial charge < -0.3 is 19.4 Å². The third-order valence-corrected chi connectivity index (χ3v) is 4.45. The van der Waals surface area contributed by atoms with Crippen LogP contribution in [0.4, 0.5) is 13.2 Å². The minimum atomic E-state index is -2.84. The van der Waals surface area contributed by atoms with Crippen LogP contribution in [-0.2, 0) is 13.0 Å². The first kappa shape index (κ1) is 22.2. The minimum Gasteiger partial charge on any atom is -0.444 e. The summed E-state index contributed by atoms with van der Waals surface area (Å²) in [5.74, 6) is 0.926. The van der Waals surface area contributed by atoms with E-state index in [4.69, 9.17) is 4.42 Å². The quantitative estimate of drug-likeness (QED) is 0.424. The van der Waals surface area contributed by atoms with Crippen LogP contribution in [0.15, 0.2) is 64.2 Å². The smallest absolute Gasteiger partial charge is 0.387 e. The number of guanidine groups is 1. The van der Waals surface area contributed by atoms with Crippen LogP contribution in [0.2, 0.25) is 0 Å². The van der Waals surface area contributed by atoms with Crippen LogP contribution in [0.3, 0.4) is 0 Å². The zero-order valence-electron chi connectivity index (χ0n) is 17.2. The van der Waals surface area contributed by atoms with Crippen LogP contribution in [0.5, 0.6) is 5.75 Å². The van der Waals surface area contributed by atoms with Gasteiger partial charge in [0.1, 0.15) is 17.8 Å². The first-order valence-electron chi connectivity index (χ1n) is 9.60. The van der Waals surface area contributed by atoms with Gasteiger partial charge in [-0.1, -0.05) is 12.1 Å². The number of nitrogens with one attached hydrogen (secondary N) is 1. The van der Waals surface area contributed by atoms with E-state index in [1.807, 2.05) is 11.9 Å². The normalized spacial score (nSPS) is 11.6. The number of aliphatic imine (C=N–C) groups is 1. The van der Waals surface area contributed by atoms with Crippen molar-refractivity contribution in [2.75, 3.05) is 20.6 Å². The third-order valence-electron chi connectivity index (χ3n) is 4.45. The summed E-state index contributed by atoms with van der Waals surface area (Å²) < 4.78 is 47.4. The van der Waals surface area contributed by atoms with E-state index in [1.165, 1.54) is 24.3 Å². The standard InChI is InChI=1S/C22H23F3N4O2/c1-26-22(29(2)13-15-3-9-19(10-4-15)31-21(24)25)27-12-11-18-14-30-20(28-18)16-5-7-17(23)8-6-16/h3-10,14,21H,11-13H2,1-2H3,(H,26,27). The molecule has 1 aromatic heterocycles. The number of ether oxygens (including phenoxy) is 1. The molecule has 3 rings (SSSR count). The van der Waals surface area contributed by atoms with Gasteiger partial charge in [0.2, 0.25) is 5.89 Å². The predicted molar refractivity (Wildman–Crippen MR) is 112 cm³/mol. The summed E-state index contributed by atoms with van der Waals surface area (Å²) in [5, 5.41) is 3.25. The van der Waals surface area contributed by atoms with Gasteiger partial charge in [-0.2, -0.15) is 8.78 Å². The molecule has 0 spiro atoms. The molecule has 0 atom stereocenters. The molecule has 9 heteroatoms. The van der Waals surface area contributed by atoms with Gasteiger partial charge in [0, 0.05) is 39.2 Å². The molecular weight excluding hydrogens is 409 g/mol. The Bertz CT molecular complexity index is 989. The largest absolute Gasteiger partial charge is 0.444 e. The summed E-state index contributed by atoms with van der Waals surface area (Å²) in [6, 6.07) is 12.4. The number of nitrogens with zero attached hydrogens (tertiary/aromatic N) is 3. The number of hydrogen-bond acceptors (Lipinski definition) is 4. The molecule has 0 radical (unpaired) electrons. The molecule has 2 aromatic carbocycles. The van der Waals surface area contributed by atoms with Gasteiger partial charge in [-0.25, -0.2) is 9.37 Å². The van der Waals surface area contributed by atoms with Crippen molar-refractivity contribution in [3.8, 4) is 17.2 Å². The van der Waals surface area contributed by atoms with Crippen LogP contribution in [0.1, 0.15) is 11.3 Å². The van der Waals surface area contributed by atoms with Crippen LogP contribution in [0.25, 0.3) is 11.5 Å². The molecule has 1 heterocycles. The predicted octanol–water partition coefficient (Wildman–Crippen LogP) is 4.33. The van der Waals surface area contributed by atoms with Crippen molar-refractivity contribution in [2.45, 2.75) is 19.6 Å². The van der Waals surface area contributed by atoms with Crippen molar-refractivity contribution in [2.24, 2.45) is 4.99 Å². The molecule has 164 valence electrons. The van der Waals surface area contributed by atoms with Crippen LogP contribution in [-0.4, -0.2) is 43.1 Å². The van der Waals surface area contributed by atoms with Gasteiger partial charge in [0.25, 0.3) is 0 Å².